The molecule has 3 heterocycles. The Labute approximate surface area is 281 Å². The maximum absolute atomic E-state index is 6.29. The van der Waals surface area contributed by atoms with Crippen LogP contribution in [0.5, 0.6) is 0 Å². The standard InChI is InChI=1S/C46H28N2O/c1-2-10-30-25-33(20-17-29(30)9-1)47-41-14-6-3-11-35(41)39-26-31(18-23-43(39)47)32-19-24-44-40(27-32)36-12-4-7-15-42(36)48(44)34-21-22-38-37-13-5-8-16-45(37)49-46(38)28-34/h1-28H. The molecule has 0 unspecified atom stereocenters. The molecule has 228 valence electrons. The summed E-state index contributed by atoms with van der Waals surface area (Å²) in [5, 5.41) is 9.75. The van der Waals surface area contributed by atoms with E-state index in [0.717, 1.165) is 27.6 Å². The number of hydrogen-bond donors (Lipinski definition) is 0. The monoisotopic (exact) mass is 624 g/mol. The van der Waals surface area contributed by atoms with E-state index < -0.39 is 0 Å². The van der Waals surface area contributed by atoms with Crippen molar-refractivity contribution in [2.75, 3.05) is 0 Å². The molecule has 0 radical (unpaired) electrons. The Hall–Kier alpha value is -6.58. The quantitative estimate of drug-likeness (QED) is 0.192. The van der Waals surface area contributed by atoms with Gasteiger partial charge in [0.15, 0.2) is 0 Å². The van der Waals surface area contributed by atoms with Crippen LogP contribution < -0.4 is 0 Å². The SMILES string of the molecule is c1ccc2cc(-n3c4ccccc4c4cc(-c5ccc6c(c5)c5ccccc5n6-c5ccc6c(c5)oc5ccccc56)ccc43)ccc2c1. The van der Waals surface area contributed by atoms with E-state index in [2.05, 4.69) is 167 Å². The molecule has 3 nitrogen and oxygen atoms in total. The molecule has 0 aliphatic heterocycles. The van der Waals surface area contributed by atoms with Gasteiger partial charge in [-0.05, 0) is 88.6 Å². The Balaban J connectivity index is 1.09. The van der Waals surface area contributed by atoms with Gasteiger partial charge in [0, 0.05) is 49.8 Å². The maximum Gasteiger partial charge on any atom is 0.137 e. The van der Waals surface area contributed by atoms with Crippen LogP contribution >= 0.6 is 0 Å². The molecule has 0 amide bonds. The Bertz CT molecular complexity index is 3120. The highest BCUT2D eigenvalue weighted by Crippen LogP contribution is 2.39. The summed E-state index contributed by atoms with van der Waals surface area (Å²) in [6.07, 6.45) is 0. The van der Waals surface area contributed by atoms with Gasteiger partial charge in [-0.25, -0.2) is 0 Å². The average molecular weight is 625 g/mol. The zero-order valence-corrected chi connectivity index (χ0v) is 26.5. The lowest BCUT2D eigenvalue weighted by Gasteiger charge is -2.10. The second-order valence-electron chi connectivity index (χ2n) is 13.0. The third kappa shape index (κ3) is 3.84. The fourth-order valence-electron chi connectivity index (χ4n) is 8.03. The van der Waals surface area contributed by atoms with E-state index in [9.17, 15) is 0 Å². The van der Waals surface area contributed by atoms with E-state index in [4.69, 9.17) is 4.42 Å². The van der Waals surface area contributed by atoms with Crippen LogP contribution in [0.2, 0.25) is 0 Å². The van der Waals surface area contributed by atoms with E-state index in [0.29, 0.717) is 0 Å². The molecule has 11 aromatic rings. The number of para-hydroxylation sites is 3. The average Bonchev–Trinajstić information content (AvgIpc) is 3.81. The molecular weight excluding hydrogens is 597 g/mol. The lowest BCUT2D eigenvalue weighted by atomic mass is 10.0. The summed E-state index contributed by atoms with van der Waals surface area (Å²) in [6, 6.07) is 61.4. The molecule has 0 saturated carbocycles. The van der Waals surface area contributed by atoms with Gasteiger partial charge in [-0.3, -0.25) is 0 Å². The second-order valence-corrected chi connectivity index (χ2v) is 13.0. The van der Waals surface area contributed by atoms with Crippen molar-refractivity contribution in [3.05, 3.63) is 170 Å². The number of fused-ring (bicyclic) bond motifs is 10. The number of nitrogens with zero attached hydrogens (tertiary/aromatic N) is 2. The van der Waals surface area contributed by atoms with Gasteiger partial charge in [0.2, 0.25) is 0 Å². The van der Waals surface area contributed by atoms with Crippen LogP contribution in [0, 0.1) is 0 Å². The molecule has 0 aliphatic carbocycles. The summed E-state index contributed by atoms with van der Waals surface area (Å²) in [5.74, 6) is 0. The number of benzene rings is 8. The molecule has 0 saturated heterocycles. The number of furan rings is 1. The van der Waals surface area contributed by atoms with Crippen LogP contribution in [0.15, 0.2) is 174 Å². The molecule has 0 atom stereocenters. The fourth-order valence-corrected chi connectivity index (χ4v) is 8.03. The van der Waals surface area contributed by atoms with Crippen LogP contribution in [0.25, 0.3) is 98.8 Å². The van der Waals surface area contributed by atoms with Gasteiger partial charge in [0.25, 0.3) is 0 Å². The maximum atomic E-state index is 6.29. The predicted octanol–water partition coefficient (Wildman–Crippen LogP) is 12.6. The highest BCUT2D eigenvalue weighted by molar-refractivity contribution is 6.13. The molecule has 0 N–H and O–H groups in total. The largest absolute Gasteiger partial charge is 0.456 e. The molecule has 11 rings (SSSR count). The highest BCUT2D eigenvalue weighted by atomic mass is 16.3. The second kappa shape index (κ2) is 9.96. The first-order chi connectivity index (χ1) is 24.3. The Morgan fingerprint density at radius 1 is 0.306 bits per heavy atom. The third-order valence-electron chi connectivity index (χ3n) is 10.3. The van der Waals surface area contributed by atoms with Gasteiger partial charge in [-0.15, -0.1) is 0 Å². The van der Waals surface area contributed by atoms with Crippen molar-refractivity contribution >= 4 is 76.3 Å². The summed E-state index contributed by atoms with van der Waals surface area (Å²) in [6.45, 7) is 0. The van der Waals surface area contributed by atoms with Crippen LogP contribution in [0.1, 0.15) is 0 Å². The molecule has 0 bridgehead atoms. The zero-order chi connectivity index (χ0) is 32.1. The van der Waals surface area contributed by atoms with Crippen molar-refractivity contribution in [1.29, 1.82) is 0 Å². The molecule has 0 fully saturated rings. The van der Waals surface area contributed by atoms with Crippen molar-refractivity contribution in [1.82, 2.24) is 9.13 Å². The lowest BCUT2D eigenvalue weighted by molar-refractivity contribution is 0.668. The van der Waals surface area contributed by atoms with Crippen molar-refractivity contribution < 1.29 is 4.42 Å². The van der Waals surface area contributed by atoms with Crippen molar-refractivity contribution in [2.45, 2.75) is 0 Å². The minimum atomic E-state index is 0.900. The normalized spacial score (nSPS) is 12.1. The first-order valence-electron chi connectivity index (χ1n) is 16.8. The Morgan fingerprint density at radius 2 is 0.816 bits per heavy atom. The van der Waals surface area contributed by atoms with E-state index >= 15 is 0 Å². The molecule has 0 aliphatic rings. The Morgan fingerprint density at radius 3 is 1.51 bits per heavy atom. The summed E-state index contributed by atoms with van der Waals surface area (Å²) < 4.78 is 11.1. The molecule has 0 spiro atoms. The van der Waals surface area contributed by atoms with Gasteiger partial charge in [0.05, 0.1) is 22.1 Å². The summed E-state index contributed by atoms with van der Waals surface area (Å²) in [7, 11) is 0. The van der Waals surface area contributed by atoms with Crippen molar-refractivity contribution in [3.63, 3.8) is 0 Å². The summed E-state index contributed by atoms with van der Waals surface area (Å²) >= 11 is 0. The van der Waals surface area contributed by atoms with Crippen LogP contribution in [-0.2, 0) is 0 Å². The summed E-state index contributed by atoms with van der Waals surface area (Å²) in [5.41, 5.74) is 11.3. The zero-order valence-electron chi connectivity index (χ0n) is 26.5. The van der Waals surface area contributed by atoms with Gasteiger partial charge < -0.3 is 13.6 Å². The van der Waals surface area contributed by atoms with E-state index in [1.165, 1.54) is 71.2 Å². The van der Waals surface area contributed by atoms with Gasteiger partial charge >= 0.3 is 0 Å². The molecule has 49 heavy (non-hydrogen) atoms. The van der Waals surface area contributed by atoms with Crippen LogP contribution in [-0.4, -0.2) is 9.13 Å². The minimum Gasteiger partial charge on any atom is -0.456 e. The minimum absolute atomic E-state index is 0.900. The van der Waals surface area contributed by atoms with E-state index in [-0.39, 0.29) is 0 Å². The van der Waals surface area contributed by atoms with Gasteiger partial charge in [0.1, 0.15) is 11.2 Å². The van der Waals surface area contributed by atoms with Gasteiger partial charge in [-0.2, -0.15) is 0 Å². The molecular formula is C46H28N2O. The number of rotatable bonds is 3. The smallest absolute Gasteiger partial charge is 0.137 e. The van der Waals surface area contributed by atoms with Gasteiger partial charge in [-0.1, -0.05) is 97.1 Å². The first-order valence-corrected chi connectivity index (χ1v) is 16.8. The topological polar surface area (TPSA) is 23.0 Å². The van der Waals surface area contributed by atoms with E-state index in [1.54, 1.807) is 0 Å². The number of hydrogen-bond acceptors (Lipinski definition) is 1. The molecule has 3 heteroatoms. The predicted molar refractivity (Wildman–Crippen MR) is 205 cm³/mol. The third-order valence-corrected chi connectivity index (χ3v) is 10.3. The highest BCUT2D eigenvalue weighted by Gasteiger charge is 2.17. The lowest BCUT2D eigenvalue weighted by Crippen LogP contribution is -1.94. The Kier molecular flexibility index (Phi) is 5.38. The summed E-state index contributed by atoms with van der Waals surface area (Å²) in [4.78, 5) is 0. The van der Waals surface area contributed by atoms with Crippen LogP contribution in [0.4, 0.5) is 0 Å². The van der Waals surface area contributed by atoms with E-state index in [1.807, 2.05) is 12.1 Å². The fraction of sp³-hybridized carbons (Fsp3) is 0. The van der Waals surface area contributed by atoms with Crippen molar-refractivity contribution in [2.24, 2.45) is 0 Å². The number of aromatic nitrogens is 2. The van der Waals surface area contributed by atoms with Crippen molar-refractivity contribution in [3.8, 4) is 22.5 Å². The van der Waals surface area contributed by atoms with Crippen LogP contribution in [0.3, 0.4) is 0 Å². The first kappa shape index (κ1) is 26.5. The molecule has 3 aromatic heterocycles. The molecule has 8 aromatic carbocycles.